The van der Waals surface area contributed by atoms with Gasteiger partial charge in [0.05, 0.1) is 4.90 Å². The van der Waals surface area contributed by atoms with E-state index in [1.165, 1.54) is 24.3 Å². The maximum absolute atomic E-state index is 12.6. The highest BCUT2D eigenvalue weighted by molar-refractivity contribution is 7.92. The first-order valence-corrected chi connectivity index (χ1v) is 10.7. The number of nitrogens with zero attached hydrogens (tertiary/aromatic N) is 1. The van der Waals surface area contributed by atoms with Gasteiger partial charge in [0.15, 0.2) is 0 Å². The van der Waals surface area contributed by atoms with Crippen LogP contribution in [0.2, 0.25) is 0 Å². The van der Waals surface area contributed by atoms with Gasteiger partial charge in [0.2, 0.25) is 0 Å². The van der Waals surface area contributed by atoms with Crippen molar-refractivity contribution in [1.29, 1.82) is 0 Å². The van der Waals surface area contributed by atoms with Gasteiger partial charge in [-0.3, -0.25) is 9.52 Å². The second-order valence-electron chi connectivity index (χ2n) is 6.60. The molecule has 27 heavy (non-hydrogen) atoms. The molecule has 1 aliphatic rings. The molecule has 144 valence electrons. The normalized spacial score (nSPS) is 13.9. The molecular formula is C20H25N3O3S. The quantitative estimate of drug-likeness (QED) is 0.729. The maximum Gasteiger partial charge on any atom is 0.261 e. The number of rotatable bonds is 8. The Kier molecular flexibility index (Phi) is 5.70. The van der Waals surface area contributed by atoms with Crippen molar-refractivity contribution in [2.45, 2.75) is 37.6 Å². The fraction of sp³-hybridized carbons (Fsp3) is 0.350. The van der Waals surface area contributed by atoms with Gasteiger partial charge in [0.1, 0.15) is 0 Å². The Morgan fingerprint density at radius 2 is 1.59 bits per heavy atom. The Bertz CT molecular complexity index is 885. The number of anilines is 2. The summed E-state index contributed by atoms with van der Waals surface area (Å²) in [4.78, 5) is 14.3. The fourth-order valence-corrected chi connectivity index (χ4v) is 3.88. The van der Waals surface area contributed by atoms with E-state index in [1.54, 1.807) is 12.1 Å². The lowest BCUT2D eigenvalue weighted by molar-refractivity contribution is 0.0951. The smallest absolute Gasteiger partial charge is 0.261 e. The number of nitrogens with one attached hydrogen (secondary N) is 2. The van der Waals surface area contributed by atoms with E-state index in [-0.39, 0.29) is 16.8 Å². The molecule has 0 saturated heterocycles. The molecule has 1 fully saturated rings. The van der Waals surface area contributed by atoms with Crippen LogP contribution in [0.25, 0.3) is 0 Å². The summed E-state index contributed by atoms with van der Waals surface area (Å²) < 4.78 is 27.7. The fourth-order valence-electron chi connectivity index (χ4n) is 2.82. The summed E-state index contributed by atoms with van der Waals surface area (Å²) in [5, 5.41) is 2.88. The molecule has 0 radical (unpaired) electrons. The molecule has 0 aliphatic heterocycles. The number of hydrogen-bond acceptors (Lipinski definition) is 4. The average Bonchev–Trinajstić information content (AvgIpc) is 3.48. The van der Waals surface area contributed by atoms with Gasteiger partial charge in [-0.05, 0) is 75.2 Å². The van der Waals surface area contributed by atoms with Crippen LogP contribution in [0.3, 0.4) is 0 Å². The van der Waals surface area contributed by atoms with Crippen molar-refractivity contribution >= 4 is 27.3 Å². The number of sulfonamides is 1. The molecule has 1 saturated carbocycles. The minimum Gasteiger partial charge on any atom is -0.372 e. The molecule has 0 bridgehead atoms. The summed E-state index contributed by atoms with van der Waals surface area (Å²) in [6, 6.07) is 13.5. The van der Waals surface area contributed by atoms with E-state index in [9.17, 15) is 13.2 Å². The molecule has 0 spiro atoms. The lowest BCUT2D eigenvalue weighted by atomic mass is 10.2. The van der Waals surface area contributed by atoms with Crippen LogP contribution in [0.4, 0.5) is 11.4 Å². The Balaban J connectivity index is 1.69. The number of hydrogen-bond donors (Lipinski definition) is 2. The average molecular weight is 388 g/mol. The van der Waals surface area contributed by atoms with Gasteiger partial charge in [-0.15, -0.1) is 0 Å². The zero-order chi connectivity index (χ0) is 19.4. The van der Waals surface area contributed by atoms with E-state index in [4.69, 9.17) is 0 Å². The molecule has 6 nitrogen and oxygen atoms in total. The lowest BCUT2D eigenvalue weighted by Crippen LogP contribution is -2.25. The predicted octanol–water partition coefficient (Wildman–Crippen LogP) is 3.23. The van der Waals surface area contributed by atoms with E-state index in [0.717, 1.165) is 31.6 Å². The van der Waals surface area contributed by atoms with Crippen LogP contribution in [-0.4, -0.2) is 33.5 Å². The molecule has 1 aliphatic carbocycles. The Morgan fingerprint density at radius 3 is 2.11 bits per heavy atom. The van der Waals surface area contributed by atoms with E-state index < -0.39 is 10.0 Å². The highest BCUT2D eigenvalue weighted by atomic mass is 32.2. The molecule has 1 amide bonds. The summed E-state index contributed by atoms with van der Waals surface area (Å²) in [6.07, 6.45) is 2.02. The first-order chi connectivity index (χ1) is 12.9. The summed E-state index contributed by atoms with van der Waals surface area (Å²) in [7, 11) is -3.71. The monoisotopic (exact) mass is 387 g/mol. The van der Waals surface area contributed by atoms with Crippen LogP contribution in [-0.2, 0) is 10.0 Å². The van der Waals surface area contributed by atoms with Crippen LogP contribution < -0.4 is 14.9 Å². The second-order valence-corrected chi connectivity index (χ2v) is 8.28. The first kappa shape index (κ1) is 19.2. The number of amides is 1. The van der Waals surface area contributed by atoms with Crippen molar-refractivity contribution < 1.29 is 13.2 Å². The Hall–Kier alpha value is -2.54. The van der Waals surface area contributed by atoms with Gasteiger partial charge in [0.25, 0.3) is 15.9 Å². The van der Waals surface area contributed by atoms with Gasteiger partial charge < -0.3 is 10.2 Å². The van der Waals surface area contributed by atoms with Crippen molar-refractivity contribution in [3.8, 4) is 0 Å². The third-order valence-electron chi connectivity index (χ3n) is 4.59. The molecule has 2 aromatic carbocycles. The highest BCUT2D eigenvalue weighted by Gasteiger charge is 2.24. The summed E-state index contributed by atoms with van der Waals surface area (Å²) in [5.74, 6) is -0.165. The molecule has 3 rings (SSSR count). The van der Waals surface area contributed by atoms with Gasteiger partial charge in [0, 0.05) is 36.1 Å². The molecule has 2 aromatic rings. The van der Waals surface area contributed by atoms with Gasteiger partial charge in [-0.25, -0.2) is 8.42 Å². The standard InChI is InChI=1S/C20H25N3O3S/c1-3-23(4-2)18-11-9-17(10-12-18)22-27(25,26)19-13-5-15(6-14-19)20(24)21-16-7-8-16/h5-6,9-14,16,22H,3-4,7-8H2,1-2H3,(H,21,24). The number of carbonyl (C=O) groups is 1. The Morgan fingerprint density at radius 1 is 1.00 bits per heavy atom. The second kappa shape index (κ2) is 8.00. The predicted molar refractivity (Wildman–Crippen MR) is 108 cm³/mol. The van der Waals surface area contributed by atoms with Gasteiger partial charge in [-0.2, -0.15) is 0 Å². The van der Waals surface area contributed by atoms with Crippen LogP contribution >= 0.6 is 0 Å². The summed E-state index contributed by atoms with van der Waals surface area (Å²) in [6.45, 7) is 5.94. The van der Waals surface area contributed by atoms with Crippen LogP contribution in [0.5, 0.6) is 0 Å². The summed E-state index contributed by atoms with van der Waals surface area (Å²) in [5.41, 5.74) is 2.01. The van der Waals surface area contributed by atoms with E-state index >= 15 is 0 Å². The van der Waals surface area contributed by atoms with Crippen LogP contribution in [0, 0.1) is 0 Å². The molecule has 7 heteroatoms. The van der Waals surface area contributed by atoms with Crippen molar-refractivity contribution in [1.82, 2.24) is 5.32 Å². The van der Waals surface area contributed by atoms with Crippen molar-refractivity contribution in [2.24, 2.45) is 0 Å². The molecule has 0 heterocycles. The minimum absolute atomic E-state index is 0.123. The van der Waals surface area contributed by atoms with E-state index in [0.29, 0.717) is 11.3 Å². The first-order valence-electron chi connectivity index (χ1n) is 9.21. The minimum atomic E-state index is -3.71. The molecule has 2 N–H and O–H groups in total. The van der Waals surface area contributed by atoms with Gasteiger partial charge >= 0.3 is 0 Å². The molecule has 0 unspecified atom stereocenters. The molecule has 0 atom stereocenters. The highest BCUT2D eigenvalue weighted by Crippen LogP contribution is 2.22. The van der Waals surface area contributed by atoms with Crippen molar-refractivity contribution in [3.63, 3.8) is 0 Å². The number of benzene rings is 2. The Labute approximate surface area is 160 Å². The number of carbonyl (C=O) groups excluding carboxylic acids is 1. The van der Waals surface area contributed by atoms with Crippen LogP contribution in [0.1, 0.15) is 37.0 Å². The van der Waals surface area contributed by atoms with Crippen molar-refractivity contribution in [3.05, 3.63) is 54.1 Å². The zero-order valence-corrected chi connectivity index (χ0v) is 16.4. The zero-order valence-electron chi connectivity index (χ0n) is 15.6. The van der Waals surface area contributed by atoms with Crippen molar-refractivity contribution in [2.75, 3.05) is 22.7 Å². The van der Waals surface area contributed by atoms with Crippen LogP contribution in [0.15, 0.2) is 53.4 Å². The van der Waals surface area contributed by atoms with E-state index in [2.05, 4.69) is 28.8 Å². The molecular weight excluding hydrogens is 362 g/mol. The topological polar surface area (TPSA) is 78.5 Å². The maximum atomic E-state index is 12.6. The largest absolute Gasteiger partial charge is 0.372 e. The third kappa shape index (κ3) is 4.80. The third-order valence-corrected chi connectivity index (χ3v) is 5.98. The van der Waals surface area contributed by atoms with E-state index in [1.807, 2.05) is 12.1 Å². The molecule has 0 aromatic heterocycles. The lowest BCUT2D eigenvalue weighted by Gasteiger charge is -2.21. The summed E-state index contributed by atoms with van der Waals surface area (Å²) >= 11 is 0. The SMILES string of the molecule is CCN(CC)c1ccc(NS(=O)(=O)c2ccc(C(=O)NC3CC3)cc2)cc1. The van der Waals surface area contributed by atoms with Gasteiger partial charge in [-0.1, -0.05) is 0 Å².